The van der Waals surface area contributed by atoms with Crippen LogP contribution in [0.15, 0.2) is 73.1 Å². The highest BCUT2D eigenvalue weighted by molar-refractivity contribution is 5.77. The van der Waals surface area contributed by atoms with E-state index in [4.69, 9.17) is 10.1 Å². The number of benzene rings is 2. The fraction of sp³-hybridized carbons (Fsp3) is 0.296. The van der Waals surface area contributed by atoms with E-state index < -0.39 is 0 Å². The third kappa shape index (κ3) is 5.06. The van der Waals surface area contributed by atoms with Gasteiger partial charge in [0.15, 0.2) is 11.6 Å². The fourth-order valence-corrected chi connectivity index (χ4v) is 4.23. The Morgan fingerprint density at radius 3 is 2.20 bits per heavy atom. The number of hydrogen-bond donors (Lipinski definition) is 0. The minimum atomic E-state index is 0.0307. The summed E-state index contributed by atoms with van der Waals surface area (Å²) in [5.41, 5.74) is 3.14. The second kappa shape index (κ2) is 10.0. The largest absolute Gasteiger partial charge is 0.338 e. The number of amides is 1. The molecule has 8 nitrogen and oxygen atoms in total. The van der Waals surface area contributed by atoms with Crippen LogP contribution in [-0.2, 0) is 11.3 Å². The summed E-state index contributed by atoms with van der Waals surface area (Å²) in [6.45, 7) is 7.13. The highest BCUT2D eigenvalue weighted by atomic mass is 16.2. The molecule has 0 saturated carbocycles. The molecule has 1 aliphatic heterocycles. The minimum Gasteiger partial charge on any atom is -0.338 e. The number of anilines is 1. The first kappa shape index (κ1) is 22.7. The lowest BCUT2D eigenvalue weighted by Crippen LogP contribution is -2.50. The van der Waals surface area contributed by atoms with Crippen molar-refractivity contribution in [1.82, 2.24) is 29.6 Å². The smallest absolute Gasteiger partial charge is 0.244 e. The molecular weight excluding hydrogens is 438 g/mol. The first-order valence-corrected chi connectivity index (χ1v) is 12.0. The van der Waals surface area contributed by atoms with Crippen LogP contribution in [0.4, 0.5) is 5.95 Å². The normalized spacial score (nSPS) is 13.9. The molecule has 0 aliphatic carbocycles. The topological polar surface area (TPSA) is 80.0 Å². The fourth-order valence-electron chi connectivity index (χ4n) is 4.23. The van der Waals surface area contributed by atoms with Crippen LogP contribution in [0.25, 0.3) is 22.8 Å². The minimum absolute atomic E-state index is 0.0307. The van der Waals surface area contributed by atoms with Gasteiger partial charge in [-0.1, -0.05) is 68.4 Å². The third-order valence-electron chi connectivity index (χ3n) is 6.29. The summed E-state index contributed by atoms with van der Waals surface area (Å²) in [5.74, 6) is 2.50. The Kier molecular flexibility index (Phi) is 6.52. The molecule has 1 fully saturated rings. The summed E-state index contributed by atoms with van der Waals surface area (Å²) in [6, 6.07) is 20.0. The van der Waals surface area contributed by atoms with Crippen molar-refractivity contribution in [2.45, 2.75) is 26.3 Å². The maximum Gasteiger partial charge on any atom is 0.244 e. The Balaban J connectivity index is 1.36. The molecule has 0 bridgehead atoms. The molecule has 1 saturated heterocycles. The van der Waals surface area contributed by atoms with E-state index in [0.29, 0.717) is 49.7 Å². The zero-order valence-corrected chi connectivity index (χ0v) is 20.1. The zero-order chi connectivity index (χ0) is 24.2. The van der Waals surface area contributed by atoms with Crippen molar-refractivity contribution in [3.63, 3.8) is 0 Å². The molecule has 4 aromatic rings. The van der Waals surface area contributed by atoms with Crippen LogP contribution in [0.1, 0.15) is 25.3 Å². The molecule has 1 amide bonds. The van der Waals surface area contributed by atoms with Gasteiger partial charge in [-0.05, 0) is 17.5 Å². The van der Waals surface area contributed by atoms with E-state index in [1.54, 1.807) is 23.1 Å². The van der Waals surface area contributed by atoms with Gasteiger partial charge in [-0.2, -0.15) is 0 Å². The van der Waals surface area contributed by atoms with Gasteiger partial charge in [0, 0.05) is 49.7 Å². The molecule has 0 atom stereocenters. The van der Waals surface area contributed by atoms with Gasteiger partial charge in [0.1, 0.15) is 6.54 Å². The zero-order valence-electron chi connectivity index (χ0n) is 20.1. The average molecular weight is 468 g/mol. The summed E-state index contributed by atoms with van der Waals surface area (Å²) >= 11 is 0. The Morgan fingerprint density at radius 2 is 1.54 bits per heavy atom. The Morgan fingerprint density at radius 1 is 0.857 bits per heavy atom. The molecule has 1 aliphatic rings. The number of aromatic nitrogens is 5. The summed E-state index contributed by atoms with van der Waals surface area (Å²) in [6.07, 6.45) is 3.48. The van der Waals surface area contributed by atoms with Crippen LogP contribution in [0, 0.1) is 0 Å². The van der Waals surface area contributed by atoms with Crippen LogP contribution in [-0.4, -0.2) is 61.7 Å². The summed E-state index contributed by atoms with van der Waals surface area (Å²) in [7, 11) is 0. The molecule has 2 aromatic heterocycles. The monoisotopic (exact) mass is 467 g/mol. The van der Waals surface area contributed by atoms with Crippen LogP contribution < -0.4 is 4.90 Å². The molecule has 0 spiro atoms. The lowest BCUT2D eigenvalue weighted by atomic mass is 10.0. The number of carbonyl (C=O) groups is 1. The van der Waals surface area contributed by atoms with E-state index in [2.05, 4.69) is 53.0 Å². The predicted octanol–water partition coefficient (Wildman–Crippen LogP) is 3.87. The maximum absolute atomic E-state index is 13.3. The van der Waals surface area contributed by atoms with E-state index in [1.165, 1.54) is 5.56 Å². The van der Waals surface area contributed by atoms with Gasteiger partial charge in [-0.25, -0.2) is 19.6 Å². The summed E-state index contributed by atoms with van der Waals surface area (Å²) < 4.78 is 1.74. The van der Waals surface area contributed by atoms with Crippen molar-refractivity contribution >= 4 is 11.9 Å². The standard InChI is InChI=1S/C27H29N7O/c1-20(2)21-9-11-23(12-10-21)26-30-25(22-7-4-3-5-8-22)31-34(26)19-24(35)32-15-17-33(18-16-32)27-28-13-6-14-29-27/h3-14,20H,15-19H2,1-2H3. The molecule has 0 N–H and O–H groups in total. The van der Waals surface area contributed by atoms with E-state index >= 15 is 0 Å². The van der Waals surface area contributed by atoms with Crippen molar-refractivity contribution in [1.29, 1.82) is 0 Å². The lowest BCUT2D eigenvalue weighted by Gasteiger charge is -2.34. The van der Waals surface area contributed by atoms with Gasteiger partial charge in [0.2, 0.25) is 11.9 Å². The quantitative estimate of drug-likeness (QED) is 0.428. The Bertz CT molecular complexity index is 1260. The van der Waals surface area contributed by atoms with Gasteiger partial charge in [-0.3, -0.25) is 4.79 Å². The number of piperazine rings is 1. The number of carbonyl (C=O) groups excluding carboxylic acids is 1. The molecular formula is C27H29N7O. The SMILES string of the molecule is CC(C)c1ccc(-c2nc(-c3ccccc3)nn2CC(=O)N2CCN(c3ncccn3)CC2)cc1. The van der Waals surface area contributed by atoms with Gasteiger partial charge in [0.05, 0.1) is 0 Å². The van der Waals surface area contributed by atoms with E-state index in [1.807, 2.05) is 35.2 Å². The number of nitrogens with zero attached hydrogens (tertiary/aromatic N) is 7. The molecule has 8 heteroatoms. The molecule has 0 unspecified atom stereocenters. The molecule has 0 radical (unpaired) electrons. The van der Waals surface area contributed by atoms with Crippen LogP contribution in [0.2, 0.25) is 0 Å². The summed E-state index contributed by atoms with van der Waals surface area (Å²) in [4.78, 5) is 30.7. The van der Waals surface area contributed by atoms with Crippen molar-refractivity contribution in [3.8, 4) is 22.8 Å². The predicted molar refractivity (Wildman–Crippen MR) is 136 cm³/mol. The van der Waals surface area contributed by atoms with Crippen LogP contribution in [0.3, 0.4) is 0 Å². The molecule has 5 rings (SSSR count). The number of rotatable bonds is 6. The first-order valence-electron chi connectivity index (χ1n) is 12.0. The second-order valence-electron chi connectivity index (χ2n) is 8.98. The molecule has 3 heterocycles. The van der Waals surface area contributed by atoms with Crippen molar-refractivity contribution in [2.75, 3.05) is 31.1 Å². The molecule has 2 aromatic carbocycles. The number of hydrogen-bond acceptors (Lipinski definition) is 6. The van der Waals surface area contributed by atoms with Crippen molar-refractivity contribution in [2.24, 2.45) is 0 Å². The lowest BCUT2D eigenvalue weighted by molar-refractivity contribution is -0.132. The average Bonchev–Trinajstić information content (AvgIpc) is 3.33. The molecule has 35 heavy (non-hydrogen) atoms. The van der Waals surface area contributed by atoms with Crippen LogP contribution in [0.5, 0.6) is 0 Å². The molecule has 178 valence electrons. The van der Waals surface area contributed by atoms with E-state index in [-0.39, 0.29) is 12.5 Å². The Labute approximate surface area is 205 Å². The van der Waals surface area contributed by atoms with E-state index in [9.17, 15) is 4.79 Å². The van der Waals surface area contributed by atoms with Gasteiger partial charge in [0.25, 0.3) is 0 Å². The second-order valence-corrected chi connectivity index (χ2v) is 8.98. The van der Waals surface area contributed by atoms with Gasteiger partial charge in [-0.15, -0.1) is 5.10 Å². The summed E-state index contributed by atoms with van der Waals surface area (Å²) in [5, 5.41) is 4.74. The Hall–Kier alpha value is -4.07. The first-order chi connectivity index (χ1) is 17.1. The van der Waals surface area contributed by atoms with E-state index in [0.717, 1.165) is 11.1 Å². The van der Waals surface area contributed by atoms with Gasteiger partial charge < -0.3 is 9.80 Å². The van der Waals surface area contributed by atoms with Crippen LogP contribution >= 0.6 is 0 Å². The van der Waals surface area contributed by atoms with Crippen molar-refractivity contribution < 1.29 is 4.79 Å². The van der Waals surface area contributed by atoms with Gasteiger partial charge >= 0.3 is 0 Å². The maximum atomic E-state index is 13.3. The highest BCUT2D eigenvalue weighted by Gasteiger charge is 2.24. The third-order valence-corrected chi connectivity index (χ3v) is 6.29. The van der Waals surface area contributed by atoms with Crippen molar-refractivity contribution in [3.05, 3.63) is 78.6 Å². The highest BCUT2D eigenvalue weighted by Crippen LogP contribution is 2.25.